The Balaban J connectivity index is 0.00000392. The van der Waals surface area contributed by atoms with Crippen LogP contribution in [0.3, 0.4) is 0 Å². The standard InChI is InChI=1S/C19H28ClN5O2.HI/c1-4-21-19(22-9-6-10-26-13-14(2)3)23-12-17-24-18(25-27-17)15-7-5-8-16(20)11-15;/h5,7-8,11,14H,4,6,9-10,12-13H2,1-3H3,(H2,21,22,23);1H. The zero-order valence-electron chi connectivity index (χ0n) is 16.6. The molecule has 1 aromatic carbocycles. The highest BCUT2D eigenvalue weighted by Crippen LogP contribution is 2.20. The van der Waals surface area contributed by atoms with Crippen LogP contribution in [0.25, 0.3) is 11.4 Å². The number of hydrogen-bond donors (Lipinski definition) is 2. The Morgan fingerprint density at radius 1 is 1.32 bits per heavy atom. The summed E-state index contributed by atoms with van der Waals surface area (Å²) < 4.78 is 10.9. The van der Waals surface area contributed by atoms with E-state index in [-0.39, 0.29) is 24.0 Å². The first-order valence-electron chi connectivity index (χ1n) is 9.27. The molecule has 1 aromatic heterocycles. The molecule has 0 aliphatic heterocycles. The second-order valence-electron chi connectivity index (χ2n) is 6.47. The molecule has 0 bridgehead atoms. The van der Waals surface area contributed by atoms with E-state index in [1.165, 1.54) is 0 Å². The third-order valence-electron chi connectivity index (χ3n) is 3.48. The Bertz CT molecular complexity index is 724. The largest absolute Gasteiger partial charge is 0.381 e. The number of nitrogens with one attached hydrogen (secondary N) is 2. The van der Waals surface area contributed by atoms with E-state index in [1.54, 1.807) is 12.1 Å². The highest BCUT2D eigenvalue weighted by molar-refractivity contribution is 14.0. The maximum atomic E-state index is 6.00. The van der Waals surface area contributed by atoms with E-state index in [4.69, 9.17) is 20.9 Å². The van der Waals surface area contributed by atoms with Crippen molar-refractivity contribution >= 4 is 41.5 Å². The first kappa shape index (κ1) is 24.6. The smallest absolute Gasteiger partial charge is 0.248 e. The SMILES string of the molecule is CCNC(=NCc1nc(-c2cccc(Cl)c2)no1)NCCCOCC(C)C.I. The van der Waals surface area contributed by atoms with Crippen LogP contribution in [0.2, 0.25) is 5.02 Å². The second kappa shape index (κ2) is 13.7. The summed E-state index contributed by atoms with van der Waals surface area (Å²) in [4.78, 5) is 8.86. The van der Waals surface area contributed by atoms with Gasteiger partial charge in [0.15, 0.2) is 5.96 Å². The van der Waals surface area contributed by atoms with Crippen LogP contribution in [0, 0.1) is 5.92 Å². The lowest BCUT2D eigenvalue weighted by molar-refractivity contribution is 0.108. The average molecular weight is 522 g/mol. The quantitative estimate of drug-likeness (QED) is 0.212. The second-order valence-corrected chi connectivity index (χ2v) is 6.90. The predicted octanol–water partition coefficient (Wildman–Crippen LogP) is 4.13. The summed E-state index contributed by atoms with van der Waals surface area (Å²) in [6, 6.07) is 7.34. The summed E-state index contributed by atoms with van der Waals surface area (Å²) in [6.45, 7) is 9.68. The van der Waals surface area contributed by atoms with Gasteiger partial charge in [0.05, 0.1) is 0 Å². The summed E-state index contributed by atoms with van der Waals surface area (Å²) in [5.41, 5.74) is 0.813. The van der Waals surface area contributed by atoms with Crippen molar-refractivity contribution in [3.8, 4) is 11.4 Å². The molecule has 0 aliphatic rings. The third kappa shape index (κ3) is 9.20. The van der Waals surface area contributed by atoms with Crippen molar-refractivity contribution in [2.45, 2.75) is 33.7 Å². The van der Waals surface area contributed by atoms with Gasteiger partial charge in [0.1, 0.15) is 6.54 Å². The number of ether oxygens (including phenoxy) is 1. The van der Waals surface area contributed by atoms with Gasteiger partial charge in [-0.05, 0) is 31.4 Å². The number of guanidine groups is 1. The topological polar surface area (TPSA) is 84.6 Å². The molecule has 156 valence electrons. The summed E-state index contributed by atoms with van der Waals surface area (Å²) in [6.07, 6.45) is 0.913. The molecule has 2 N–H and O–H groups in total. The van der Waals surface area contributed by atoms with Crippen LogP contribution in [-0.4, -0.2) is 42.4 Å². The zero-order valence-corrected chi connectivity index (χ0v) is 19.7. The first-order chi connectivity index (χ1) is 13.1. The van der Waals surface area contributed by atoms with Crippen LogP contribution in [0.4, 0.5) is 0 Å². The number of aliphatic imine (C=N–C) groups is 1. The summed E-state index contributed by atoms with van der Waals surface area (Å²) in [5, 5.41) is 11.1. The number of rotatable bonds is 10. The molecule has 0 spiro atoms. The third-order valence-corrected chi connectivity index (χ3v) is 3.71. The highest BCUT2D eigenvalue weighted by Gasteiger charge is 2.09. The maximum Gasteiger partial charge on any atom is 0.248 e. The van der Waals surface area contributed by atoms with Gasteiger partial charge < -0.3 is 19.9 Å². The van der Waals surface area contributed by atoms with E-state index >= 15 is 0 Å². The average Bonchev–Trinajstić information content (AvgIpc) is 3.11. The summed E-state index contributed by atoms with van der Waals surface area (Å²) in [5.74, 6) is 2.22. The summed E-state index contributed by atoms with van der Waals surface area (Å²) >= 11 is 6.00. The highest BCUT2D eigenvalue weighted by atomic mass is 127. The maximum absolute atomic E-state index is 6.00. The van der Waals surface area contributed by atoms with Crippen LogP contribution in [-0.2, 0) is 11.3 Å². The summed E-state index contributed by atoms with van der Waals surface area (Å²) in [7, 11) is 0. The van der Waals surface area contributed by atoms with Crippen molar-refractivity contribution in [1.29, 1.82) is 0 Å². The minimum Gasteiger partial charge on any atom is -0.381 e. The molecule has 0 fully saturated rings. The van der Waals surface area contributed by atoms with Crippen molar-refractivity contribution in [2.24, 2.45) is 10.9 Å². The molecule has 0 atom stereocenters. The van der Waals surface area contributed by atoms with Gasteiger partial charge in [-0.25, -0.2) is 4.99 Å². The fourth-order valence-corrected chi connectivity index (χ4v) is 2.44. The Kier molecular flexibility index (Phi) is 12.1. The molecule has 0 saturated carbocycles. The van der Waals surface area contributed by atoms with Crippen LogP contribution in [0.5, 0.6) is 0 Å². The lowest BCUT2D eigenvalue weighted by Gasteiger charge is -2.11. The normalized spacial score (nSPS) is 11.4. The van der Waals surface area contributed by atoms with Gasteiger partial charge in [-0.1, -0.05) is 42.7 Å². The van der Waals surface area contributed by atoms with Gasteiger partial charge in [-0.3, -0.25) is 0 Å². The van der Waals surface area contributed by atoms with E-state index in [0.29, 0.717) is 35.2 Å². The van der Waals surface area contributed by atoms with Crippen molar-refractivity contribution in [3.63, 3.8) is 0 Å². The minimum absolute atomic E-state index is 0. The monoisotopic (exact) mass is 521 g/mol. The Hall–Kier alpha value is -1.39. The number of aromatic nitrogens is 2. The molecule has 0 aliphatic carbocycles. The van der Waals surface area contributed by atoms with Gasteiger partial charge in [0.2, 0.25) is 11.7 Å². The van der Waals surface area contributed by atoms with E-state index in [1.807, 2.05) is 19.1 Å². The first-order valence-corrected chi connectivity index (χ1v) is 9.64. The Morgan fingerprint density at radius 2 is 2.14 bits per heavy atom. The zero-order chi connectivity index (χ0) is 19.5. The van der Waals surface area contributed by atoms with E-state index in [9.17, 15) is 0 Å². The number of benzene rings is 1. The van der Waals surface area contributed by atoms with E-state index in [0.717, 1.165) is 38.3 Å². The van der Waals surface area contributed by atoms with Crippen LogP contribution >= 0.6 is 35.6 Å². The Labute approximate surface area is 188 Å². The van der Waals surface area contributed by atoms with Crippen molar-refractivity contribution in [2.75, 3.05) is 26.3 Å². The molecule has 0 saturated heterocycles. The molecule has 0 amide bonds. The predicted molar refractivity (Wildman–Crippen MR) is 123 cm³/mol. The van der Waals surface area contributed by atoms with Gasteiger partial charge in [-0.15, -0.1) is 24.0 Å². The van der Waals surface area contributed by atoms with Crippen molar-refractivity contribution < 1.29 is 9.26 Å². The number of halogens is 2. The molecule has 7 nitrogen and oxygen atoms in total. The fourth-order valence-electron chi connectivity index (χ4n) is 2.25. The van der Waals surface area contributed by atoms with E-state index < -0.39 is 0 Å². The molecular formula is C19H29ClIN5O2. The Morgan fingerprint density at radius 3 is 2.86 bits per heavy atom. The molecule has 28 heavy (non-hydrogen) atoms. The molecule has 0 unspecified atom stereocenters. The molecule has 0 radical (unpaired) electrons. The molecule has 1 heterocycles. The molecule has 9 heteroatoms. The molecule has 2 aromatic rings. The van der Waals surface area contributed by atoms with Crippen molar-refractivity contribution in [3.05, 3.63) is 35.2 Å². The van der Waals surface area contributed by atoms with Gasteiger partial charge in [0.25, 0.3) is 0 Å². The molecular weight excluding hydrogens is 493 g/mol. The van der Waals surface area contributed by atoms with Crippen LogP contribution in [0.1, 0.15) is 33.1 Å². The lowest BCUT2D eigenvalue weighted by Crippen LogP contribution is -2.38. The van der Waals surface area contributed by atoms with Crippen molar-refractivity contribution in [1.82, 2.24) is 20.8 Å². The lowest BCUT2D eigenvalue weighted by atomic mass is 10.2. The van der Waals surface area contributed by atoms with E-state index in [2.05, 4.69) is 39.6 Å². The number of hydrogen-bond acceptors (Lipinski definition) is 5. The molecule has 2 rings (SSSR count). The fraction of sp³-hybridized carbons (Fsp3) is 0.526. The van der Waals surface area contributed by atoms with Gasteiger partial charge >= 0.3 is 0 Å². The van der Waals surface area contributed by atoms with Gasteiger partial charge in [0, 0.05) is 36.9 Å². The number of nitrogens with zero attached hydrogens (tertiary/aromatic N) is 3. The van der Waals surface area contributed by atoms with Crippen LogP contribution in [0.15, 0.2) is 33.8 Å². The van der Waals surface area contributed by atoms with Gasteiger partial charge in [-0.2, -0.15) is 4.98 Å². The minimum atomic E-state index is 0. The van der Waals surface area contributed by atoms with Crippen LogP contribution < -0.4 is 10.6 Å².